The van der Waals surface area contributed by atoms with Crippen LogP contribution in [-0.2, 0) is 0 Å². The summed E-state index contributed by atoms with van der Waals surface area (Å²) in [5.74, 6) is 4.94. The third-order valence-corrected chi connectivity index (χ3v) is 0.943. The van der Waals surface area contributed by atoms with Gasteiger partial charge in [0, 0.05) is 23.9 Å². The van der Waals surface area contributed by atoms with Gasteiger partial charge in [0.05, 0.1) is 0 Å². The summed E-state index contributed by atoms with van der Waals surface area (Å²) >= 11 is 0. The lowest BCUT2D eigenvalue weighted by Crippen LogP contribution is -1.72. The third kappa shape index (κ3) is 1.61. The van der Waals surface area contributed by atoms with Crippen molar-refractivity contribution < 1.29 is 0 Å². The van der Waals surface area contributed by atoms with Crippen LogP contribution >= 0.6 is 0 Å². The van der Waals surface area contributed by atoms with E-state index in [1.165, 1.54) is 0 Å². The van der Waals surface area contributed by atoms with Gasteiger partial charge in [-0.15, -0.1) is 0 Å². The highest BCUT2D eigenvalue weighted by Crippen LogP contribution is 1.90. The van der Waals surface area contributed by atoms with E-state index in [9.17, 15) is 0 Å². The average molecular weight is 128 g/mol. The Morgan fingerprint density at radius 2 is 2.00 bits per heavy atom. The van der Waals surface area contributed by atoms with Crippen LogP contribution in [0.2, 0.25) is 0 Å². The second kappa shape index (κ2) is 3.27. The van der Waals surface area contributed by atoms with Crippen molar-refractivity contribution in [3.8, 4) is 17.9 Å². The molecule has 0 saturated heterocycles. The zero-order valence-electron chi connectivity index (χ0n) is 5.20. The van der Waals surface area contributed by atoms with Crippen LogP contribution in [0.15, 0.2) is 24.5 Å². The molecule has 0 aliphatic carbocycles. The van der Waals surface area contributed by atoms with Gasteiger partial charge in [-0.1, -0.05) is 5.92 Å². The molecule has 0 unspecified atom stereocenters. The molecule has 0 N–H and O–H groups in total. The molecule has 1 aromatic heterocycles. The molecule has 46 valence electrons. The van der Waals surface area contributed by atoms with Gasteiger partial charge in [-0.25, -0.2) is 0 Å². The average Bonchev–Trinajstić information content (AvgIpc) is 2.03. The van der Waals surface area contributed by atoms with E-state index < -0.39 is 0 Å². The molecule has 0 amide bonds. The van der Waals surface area contributed by atoms with Gasteiger partial charge in [0.1, 0.15) is 0 Å². The molecule has 0 spiro atoms. The Hall–Kier alpha value is -1.80. The van der Waals surface area contributed by atoms with Gasteiger partial charge in [0.15, 0.2) is 6.07 Å². The fraction of sp³-hybridized carbons (Fsp3) is 0. The van der Waals surface area contributed by atoms with Gasteiger partial charge >= 0.3 is 0 Å². The molecule has 0 bridgehead atoms. The minimum Gasteiger partial charge on any atom is -0.265 e. The quantitative estimate of drug-likeness (QED) is 0.488. The molecule has 0 saturated carbocycles. The van der Waals surface area contributed by atoms with Crippen molar-refractivity contribution in [1.82, 2.24) is 4.98 Å². The third-order valence-electron chi connectivity index (χ3n) is 0.943. The Morgan fingerprint density at radius 3 is 2.60 bits per heavy atom. The lowest BCUT2D eigenvalue weighted by atomic mass is 10.3. The van der Waals surface area contributed by atoms with Crippen molar-refractivity contribution in [2.45, 2.75) is 0 Å². The molecular weight excluding hydrogens is 124 g/mol. The van der Waals surface area contributed by atoms with E-state index in [2.05, 4.69) is 16.8 Å². The number of nitrogens with zero attached hydrogens (tertiary/aromatic N) is 2. The van der Waals surface area contributed by atoms with Crippen molar-refractivity contribution in [3.63, 3.8) is 0 Å². The fourth-order valence-electron chi connectivity index (χ4n) is 0.535. The molecule has 0 atom stereocenters. The molecule has 0 radical (unpaired) electrons. The highest BCUT2D eigenvalue weighted by molar-refractivity contribution is 5.35. The summed E-state index contributed by atoms with van der Waals surface area (Å²) in [5, 5.41) is 8.09. The smallest absolute Gasteiger partial charge is 0.152 e. The van der Waals surface area contributed by atoms with E-state index in [0.29, 0.717) is 0 Å². The summed E-state index contributed by atoms with van der Waals surface area (Å²) in [6, 6.07) is 5.24. The monoisotopic (exact) mass is 128 g/mol. The summed E-state index contributed by atoms with van der Waals surface area (Å²) in [5.41, 5.74) is 0.816. The SMILES string of the molecule is N#CC#Cc1ccncc1. The van der Waals surface area contributed by atoms with Crippen LogP contribution in [0.5, 0.6) is 0 Å². The summed E-state index contributed by atoms with van der Waals surface area (Å²) in [6.07, 6.45) is 3.28. The van der Waals surface area contributed by atoms with E-state index in [1.807, 2.05) is 0 Å². The molecule has 0 aliphatic rings. The highest BCUT2D eigenvalue weighted by Gasteiger charge is 1.79. The summed E-state index contributed by atoms with van der Waals surface area (Å²) in [6.45, 7) is 0. The molecule has 2 nitrogen and oxygen atoms in total. The van der Waals surface area contributed by atoms with E-state index in [-0.39, 0.29) is 0 Å². The van der Waals surface area contributed by atoms with Gasteiger partial charge in [-0.3, -0.25) is 4.98 Å². The van der Waals surface area contributed by atoms with Crippen molar-refractivity contribution in [2.75, 3.05) is 0 Å². The number of hydrogen-bond acceptors (Lipinski definition) is 2. The molecular formula is C8H4N2. The molecule has 0 aromatic carbocycles. The first-order valence-corrected chi connectivity index (χ1v) is 2.73. The number of pyridine rings is 1. The number of hydrogen-bond donors (Lipinski definition) is 0. The minimum atomic E-state index is 0.816. The standard InChI is InChI=1S/C8H4N2/c9-5-1-2-8-3-6-10-7-4-8/h3-4,6-7H. The highest BCUT2D eigenvalue weighted by atomic mass is 14.6. The molecule has 1 rings (SSSR count). The Labute approximate surface area is 59.1 Å². The lowest BCUT2D eigenvalue weighted by Gasteiger charge is -1.82. The zero-order valence-corrected chi connectivity index (χ0v) is 5.20. The van der Waals surface area contributed by atoms with E-state index in [1.54, 1.807) is 30.6 Å². The number of aromatic nitrogens is 1. The normalized spacial score (nSPS) is 7.10. The van der Waals surface area contributed by atoms with Crippen LogP contribution in [0.25, 0.3) is 0 Å². The lowest BCUT2D eigenvalue weighted by molar-refractivity contribution is 1.32. The molecule has 0 fully saturated rings. The van der Waals surface area contributed by atoms with Crippen LogP contribution in [0, 0.1) is 23.2 Å². The van der Waals surface area contributed by atoms with E-state index >= 15 is 0 Å². The molecule has 0 aliphatic heterocycles. The van der Waals surface area contributed by atoms with Crippen molar-refractivity contribution in [1.29, 1.82) is 5.26 Å². The number of nitriles is 1. The first-order chi connectivity index (χ1) is 4.93. The molecule has 1 aromatic rings. The fourth-order valence-corrected chi connectivity index (χ4v) is 0.535. The van der Waals surface area contributed by atoms with Crippen LogP contribution in [0.1, 0.15) is 5.56 Å². The Bertz CT molecular complexity index is 298. The molecule has 2 heteroatoms. The van der Waals surface area contributed by atoms with Crippen LogP contribution in [0.3, 0.4) is 0 Å². The van der Waals surface area contributed by atoms with E-state index in [4.69, 9.17) is 5.26 Å². The first kappa shape index (κ1) is 6.32. The topological polar surface area (TPSA) is 36.7 Å². The summed E-state index contributed by atoms with van der Waals surface area (Å²) in [4.78, 5) is 3.80. The van der Waals surface area contributed by atoms with Crippen molar-refractivity contribution >= 4 is 0 Å². The van der Waals surface area contributed by atoms with Gasteiger partial charge in [0.25, 0.3) is 0 Å². The summed E-state index contributed by atoms with van der Waals surface area (Å²) in [7, 11) is 0. The first-order valence-electron chi connectivity index (χ1n) is 2.73. The van der Waals surface area contributed by atoms with Crippen molar-refractivity contribution in [2.24, 2.45) is 0 Å². The Morgan fingerprint density at radius 1 is 1.30 bits per heavy atom. The van der Waals surface area contributed by atoms with E-state index in [0.717, 1.165) is 5.56 Å². The van der Waals surface area contributed by atoms with Crippen LogP contribution in [-0.4, -0.2) is 4.98 Å². The maximum atomic E-state index is 8.09. The van der Waals surface area contributed by atoms with Crippen molar-refractivity contribution in [3.05, 3.63) is 30.1 Å². The molecule has 1 heterocycles. The van der Waals surface area contributed by atoms with Gasteiger partial charge in [-0.05, 0) is 12.1 Å². The van der Waals surface area contributed by atoms with Gasteiger partial charge in [0.2, 0.25) is 0 Å². The van der Waals surface area contributed by atoms with Gasteiger partial charge < -0.3 is 0 Å². The minimum absolute atomic E-state index is 0.816. The number of rotatable bonds is 0. The second-order valence-corrected chi connectivity index (χ2v) is 1.60. The Kier molecular flexibility index (Phi) is 2.07. The zero-order chi connectivity index (χ0) is 7.23. The van der Waals surface area contributed by atoms with Crippen LogP contribution < -0.4 is 0 Å². The second-order valence-electron chi connectivity index (χ2n) is 1.60. The predicted molar refractivity (Wildman–Crippen MR) is 36.7 cm³/mol. The largest absolute Gasteiger partial charge is 0.265 e. The predicted octanol–water partition coefficient (Wildman–Crippen LogP) is 0.957. The maximum Gasteiger partial charge on any atom is 0.152 e. The van der Waals surface area contributed by atoms with Gasteiger partial charge in [-0.2, -0.15) is 5.26 Å². The van der Waals surface area contributed by atoms with Crippen LogP contribution in [0.4, 0.5) is 0 Å². The maximum absolute atomic E-state index is 8.09. The molecule has 10 heavy (non-hydrogen) atoms. The summed E-state index contributed by atoms with van der Waals surface area (Å²) < 4.78 is 0. The Balaban J connectivity index is 2.89.